The van der Waals surface area contributed by atoms with Crippen LogP contribution in [0.25, 0.3) is 10.8 Å². The van der Waals surface area contributed by atoms with Gasteiger partial charge in [0.15, 0.2) is 0 Å². The zero-order valence-corrected chi connectivity index (χ0v) is 10.8. The van der Waals surface area contributed by atoms with Gasteiger partial charge in [-0.25, -0.2) is 0 Å². The summed E-state index contributed by atoms with van der Waals surface area (Å²) in [6.07, 6.45) is 2.65. The molecule has 1 aliphatic carbocycles. The molecule has 1 N–H and O–H groups in total. The van der Waals surface area contributed by atoms with E-state index >= 15 is 0 Å². The predicted molar refractivity (Wildman–Crippen MR) is 75.0 cm³/mol. The number of ether oxygens (including phenoxy) is 1. The van der Waals surface area contributed by atoms with Gasteiger partial charge in [-0.2, -0.15) is 0 Å². The molecule has 0 heterocycles. The van der Waals surface area contributed by atoms with Crippen LogP contribution >= 0.6 is 0 Å². The maximum Gasteiger partial charge on any atom is 0.127 e. The second-order valence-electron chi connectivity index (χ2n) is 4.90. The molecule has 0 atom stereocenters. The fourth-order valence-corrected chi connectivity index (χ4v) is 2.26. The van der Waals surface area contributed by atoms with Crippen molar-refractivity contribution in [2.75, 3.05) is 6.61 Å². The molecular weight excluding hydrogens is 222 g/mol. The number of benzene rings is 2. The molecule has 2 aromatic rings. The quantitative estimate of drug-likeness (QED) is 0.865. The normalized spacial score (nSPS) is 14.9. The molecule has 1 fully saturated rings. The zero-order valence-electron chi connectivity index (χ0n) is 10.8. The molecule has 0 amide bonds. The van der Waals surface area contributed by atoms with Crippen LogP contribution in [0.1, 0.15) is 25.3 Å². The lowest BCUT2D eigenvalue weighted by molar-refractivity contribution is 0.344. The van der Waals surface area contributed by atoms with Crippen molar-refractivity contribution in [3.63, 3.8) is 0 Å². The third-order valence-corrected chi connectivity index (χ3v) is 3.36. The van der Waals surface area contributed by atoms with E-state index in [1.165, 1.54) is 29.2 Å². The van der Waals surface area contributed by atoms with Crippen LogP contribution in [0, 0.1) is 0 Å². The number of rotatable bonds is 5. The number of fused-ring (bicyclic) bond motifs is 1. The minimum Gasteiger partial charge on any atom is -0.493 e. The molecule has 0 unspecified atom stereocenters. The van der Waals surface area contributed by atoms with E-state index in [9.17, 15) is 0 Å². The van der Waals surface area contributed by atoms with Crippen molar-refractivity contribution < 1.29 is 4.74 Å². The van der Waals surface area contributed by atoms with Gasteiger partial charge in [-0.15, -0.1) is 0 Å². The zero-order chi connectivity index (χ0) is 12.4. The molecule has 0 radical (unpaired) electrons. The second kappa shape index (κ2) is 4.99. The van der Waals surface area contributed by atoms with E-state index in [1.54, 1.807) is 0 Å². The van der Waals surface area contributed by atoms with Crippen LogP contribution < -0.4 is 10.1 Å². The molecule has 0 bridgehead atoms. The van der Waals surface area contributed by atoms with E-state index in [0.717, 1.165) is 18.3 Å². The Bertz CT molecular complexity index is 546. The van der Waals surface area contributed by atoms with E-state index in [1.807, 2.05) is 6.92 Å². The van der Waals surface area contributed by atoms with Crippen molar-refractivity contribution in [3.05, 3.63) is 42.0 Å². The summed E-state index contributed by atoms with van der Waals surface area (Å²) < 4.78 is 5.75. The summed E-state index contributed by atoms with van der Waals surface area (Å²) in [7, 11) is 0. The van der Waals surface area contributed by atoms with Gasteiger partial charge in [0.1, 0.15) is 5.75 Å². The van der Waals surface area contributed by atoms with Gasteiger partial charge >= 0.3 is 0 Å². The maximum atomic E-state index is 5.75. The second-order valence-corrected chi connectivity index (χ2v) is 4.90. The molecule has 1 saturated carbocycles. The molecule has 2 heteroatoms. The summed E-state index contributed by atoms with van der Waals surface area (Å²) in [5.41, 5.74) is 1.31. The van der Waals surface area contributed by atoms with Crippen molar-refractivity contribution in [3.8, 4) is 5.75 Å². The highest BCUT2D eigenvalue weighted by Gasteiger charge is 2.20. The number of nitrogens with one attached hydrogen (secondary N) is 1. The Morgan fingerprint density at radius 2 is 2.06 bits per heavy atom. The highest BCUT2D eigenvalue weighted by atomic mass is 16.5. The monoisotopic (exact) mass is 241 g/mol. The van der Waals surface area contributed by atoms with Gasteiger partial charge in [0.2, 0.25) is 0 Å². The lowest BCUT2D eigenvalue weighted by atomic mass is 10.1. The van der Waals surface area contributed by atoms with Crippen LogP contribution in [0.4, 0.5) is 0 Å². The van der Waals surface area contributed by atoms with Gasteiger partial charge in [0.05, 0.1) is 6.61 Å². The summed E-state index contributed by atoms with van der Waals surface area (Å²) in [4.78, 5) is 0. The lowest BCUT2D eigenvalue weighted by Crippen LogP contribution is -2.15. The minimum atomic E-state index is 0.712. The third-order valence-electron chi connectivity index (χ3n) is 3.36. The Morgan fingerprint density at radius 1 is 1.22 bits per heavy atom. The average molecular weight is 241 g/mol. The first-order chi connectivity index (χ1) is 8.86. The van der Waals surface area contributed by atoms with E-state index in [4.69, 9.17) is 4.74 Å². The molecule has 0 saturated heterocycles. The van der Waals surface area contributed by atoms with Crippen LogP contribution in [-0.2, 0) is 6.54 Å². The standard InChI is InChI=1S/C16H19NO/c1-2-18-16-10-12(11-17-14-7-8-14)9-13-5-3-4-6-15(13)16/h3-6,9-10,14,17H,2,7-8,11H2,1H3. The maximum absolute atomic E-state index is 5.75. The third kappa shape index (κ3) is 2.49. The molecule has 3 rings (SSSR count). The lowest BCUT2D eigenvalue weighted by Gasteiger charge is -2.11. The van der Waals surface area contributed by atoms with Gasteiger partial charge in [0.25, 0.3) is 0 Å². The van der Waals surface area contributed by atoms with Gasteiger partial charge in [-0.05, 0) is 42.8 Å². The fraction of sp³-hybridized carbons (Fsp3) is 0.375. The summed E-state index contributed by atoms with van der Waals surface area (Å²) in [5, 5.41) is 6.01. The van der Waals surface area contributed by atoms with Crippen molar-refractivity contribution >= 4 is 10.8 Å². The summed E-state index contributed by atoms with van der Waals surface area (Å²) in [6, 6.07) is 13.6. The van der Waals surface area contributed by atoms with Crippen molar-refractivity contribution in [2.45, 2.75) is 32.4 Å². The Hall–Kier alpha value is -1.54. The Kier molecular flexibility index (Phi) is 3.20. The molecule has 0 spiro atoms. The first-order valence-corrected chi connectivity index (χ1v) is 6.74. The molecule has 18 heavy (non-hydrogen) atoms. The Balaban J connectivity index is 1.93. The molecule has 2 aromatic carbocycles. The summed E-state index contributed by atoms with van der Waals surface area (Å²) in [6.45, 7) is 3.68. The minimum absolute atomic E-state index is 0.712. The first kappa shape index (κ1) is 11.5. The SMILES string of the molecule is CCOc1cc(CNC2CC2)cc2ccccc12. The van der Waals surface area contributed by atoms with Crippen molar-refractivity contribution in [1.29, 1.82) is 0 Å². The highest BCUT2D eigenvalue weighted by molar-refractivity contribution is 5.89. The number of hydrogen-bond acceptors (Lipinski definition) is 2. The van der Waals surface area contributed by atoms with Crippen LogP contribution in [0.2, 0.25) is 0 Å². The highest BCUT2D eigenvalue weighted by Crippen LogP contribution is 2.28. The van der Waals surface area contributed by atoms with Crippen molar-refractivity contribution in [2.24, 2.45) is 0 Å². The van der Waals surface area contributed by atoms with Gasteiger partial charge in [-0.3, -0.25) is 0 Å². The van der Waals surface area contributed by atoms with Gasteiger partial charge in [0, 0.05) is 18.0 Å². The molecule has 1 aliphatic rings. The van der Waals surface area contributed by atoms with Crippen LogP contribution in [-0.4, -0.2) is 12.6 Å². The first-order valence-electron chi connectivity index (χ1n) is 6.74. The Labute approximate surface area is 108 Å². The largest absolute Gasteiger partial charge is 0.493 e. The Morgan fingerprint density at radius 3 is 2.83 bits per heavy atom. The molecule has 2 nitrogen and oxygen atoms in total. The van der Waals surface area contributed by atoms with Gasteiger partial charge < -0.3 is 10.1 Å². The fourth-order valence-electron chi connectivity index (χ4n) is 2.26. The van der Waals surface area contributed by atoms with E-state index in [-0.39, 0.29) is 0 Å². The van der Waals surface area contributed by atoms with Crippen LogP contribution in [0.5, 0.6) is 5.75 Å². The smallest absolute Gasteiger partial charge is 0.127 e. The molecular formula is C16H19NO. The predicted octanol–water partition coefficient (Wildman–Crippen LogP) is 3.49. The van der Waals surface area contributed by atoms with E-state index in [0.29, 0.717) is 6.61 Å². The van der Waals surface area contributed by atoms with E-state index < -0.39 is 0 Å². The molecule has 0 aliphatic heterocycles. The summed E-state index contributed by atoms with van der Waals surface area (Å²) >= 11 is 0. The topological polar surface area (TPSA) is 21.3 Å². The summed E-state index contributed by atoms with van der Waals surface area (Å²) in [5.74, 6) is 1.00. The van der Waals surface area contributed by atoms with Crippen LogP contribution in [0.15, 0.2) is 36.4 Å². The van der Waals surface area contributed by atoms with Gasteiger partial charge in [-0.1, -0.05) is 24.3 Å². The number of hydrogen-bond donors (Lipinski definition) is 1. The molecule has 0 aromatic heterocycles. The van der Waals surface area contributed by atoms with Crippen LogP contribution in [0.3, 0.4) is 0 Å². The molecule has 94 valence electrons. The van der Waals surface area contributed by atoms with Crippen molar-refractivity contribution in [1.82, 2.24) is 5.32 Å². The van der Waals surface area contributed by atoms with E-state index in [2.05, 4.69) is 41.7 Å². The average Bonchev–Trinajstić information content (AvgIpc) is 3.21.